The number of halogens is 1. The molecule has 25 heavy (non-hydrogen) atoms. The maximum absolute atomic E-state index is 13.0. The third-order valence-corrected chi connectivity index (χ3v) is 4.52. The minimum absolute atomic E-state index is 0. The molecule has 0 unspecified atom stereocenters. The molecule has 0 spiro atoms. The molecule has 2 aromatic heterocycles. The molecule has 4 rings (SSSR count). The number of benzene rings is 1. The summed E-state index contributed by atoms with van der Waals surface area (Å²) in [5.41, 5.74) is 10.6. The number of carbonyl (C=O) groups is 1. The predicted octanol–water partition coefficient (Wildman–Crippen LogP) is 3.38. The van der Waals surface area contributed by atoms with Crippen molar-refractivity contribution in [3.05, 3.63) is 47.3 Å². The van der Waals surface area contributed by atoms with Crippen LogP contribution in [0, 0.1) is 0 Å². The molecule has 0 atom stereocenters. The van der Waals surface area contributed by atoms with Crippen LogP contribution in [0.15, 0.2) is 35.0 Å². The minimum Gasteiger partial charge on any atom is -0.398 e. The number of aromatic nitrogens is 2. The summed E-state index contributed by atoms with van der Waals surface area (Å²) in [5.74, 6) is -0.0702. The lowest BCUT2D eigenvalue weighted by atomic mass is 9.99. The fourth-order valence-electron chi connectivity index (χ4n) is 3.27. The number of rotatable bonds is 2. The van der Waals surface area contributed by atoms with Gasteiger partial charge in [-0.1, -0.05) is 18.1 Å². The Bertz CT molecular complexity index is 938. The second-order valence-corrected chi connectivity index (χ2v) is 5.96. The molecule has 1 amide bonds. The zero-order valence-electron chi connectivity index (χ0n) is 13.9. The molecule has 1 aliphatic heterocycles. The van der Waals surface area contributed by atoms with Gasteiger partial charge in [-0.2, -0.15) is 0 Å². The Hall–Kier alpha value is -2.60. The van der Waals surface area contributed by atoms with E-state index in [4.69, 9.17) is 10.3 Å². The number of anilines is 2. The number of nitrogen functional groups attached to an aromatic ring is 1. The predicted molar refractivity (Wildman–Crippen MR) is 99.3 cm³/mol. The van der Waals surface area contributed by atoms with Crippen LogP contribution in [0.25, 0.3) is 11.1 Å². The van der Waals surface area contributed by atoms with E-state index in [1.54, 1.807) is 11.1 Å². The zero-order valence-corrected chi connectivity index (χ0v) is 14.7. The average molecular weight is 359 g/mol. The van der Waals surface area contributed by atoms with Crippen molar-refractivity contribution in [1.29, 1.82) is 0 Å². The standard InChI is InChI=1S/C18H18N4O2.ClH/c1-2-15-13-9-11(10-20-17(13)24-21-15)18(23)22-8-4-5-12-14(19)6-3-7-16(12)22;/h3,6-7,9-10H,2,4-5,8,19H2,1H3;1H. The van der Waals surface area contributed by atoms with Crippen LogP contribution in [0.4, 0.5) is 11.4 Å². The lowest BCUT2D eigenvalue weighted by molar-refractivity contribution is 0.0985. The third kappa shape index (κ3) is 2.82. The molecule has 3 heterocycles. The molecule has 2 N–H and O–H groups in total. The number of hydrogen-bond donors (Lipinski definition) is 1. The average Bonchev–Trinajstić information content (AvgIpc) is 3.03. The van der Waals surface area contributed by atoms with Crippen molar-refractivity contribution in [2.24, 2.45) is 0 Å². The summed E-state index contributed by atoms with van der Waals surface area (Å²) in [7, 11) is 0. The van der Waals surface area contributed by atoms with Gasteiger partial charge in [-0.15, -0.1) is 12.4 Å². The maximum atomic E-state index is 13.0. The first-order valence-electron chi connectivity index (χ1n) is 8.12. The summed E-state index contributed by atoms with van der Waals surface area (Å²) in [6, 6.07) is 7.54. The number of nitrogens with two attached hydrogens (primary N) is 1. The normalized spacial score (nSPS) is 13.4. The SMILES string of the molecule is CCc1noc2ncc(C(=O)N3CCCc4c(N)cccc43)cc12.Cl. The molecule has 3 aromatic rings. The highest BCUT2D eigenvalue weighted by atomic mass is 35.5. The van der Waals surface area contributed by atoms with Crippen LogP contribution >= 0.6 is 12.4 Å². The Morgan fingerprint density at radius 3 is 3.04 bits per heavy atom. The maximum Gasteiger partial charge on any atom is 0.259 e. The van der Waals surface area contributed by atoms with E-state index in [0.29, 0.717) is 17.8 Å². The second kappa shape index (κ2) is 6.72. The minimum atomic E-state index is -0.0702. The van der Waals surface area contributed by atoms with Crippen molar-refractivity contribution in [3.63, 3.8) is 0 Å². The van der Waals surface area contributed by atoms with Gasteiger partial charge in [-0.25, -0.2) is 4.98 Å². The largest absolute Gasteiger partial charge is 0.398 e. The van der Waals surface area contributed by atoms with Gasteiger partial charge in [0.15, 0.2) is 0 Å². The molecule has 130 valence electrons. The monoisotopic (exact) mass is 358 g/mol. The van der Waals surface area contributed by atoms with Gasteiger partial charge in [0, 0.05) is 24.1 Å². The molecule has 0 bridgehead atoms. The molecule has 0 saturated heterocycles. The van der Waals surface area contributed by atoms with Crippen molar-refractivity contribution in [2.45, 2.75) is 26.2 Å². The molecule has 1 aromatic carbocycles. The quantitative estimate of drug-likeness (QED) is 0.710. The molecule has 0 saturated carbocycles. The lowest BCUT2D eigenvalue weighted by Crippen LogP contribution is -2.35. The summed E-state index contributed by atoms with van der Waals surface area (Å²) >= 11 is 0. The first kappa shape index (κ1) is 17.2. The van der Waals surface area contributed by atoms with Gasteiger partial charge in [0.1, 0.15) is 0 Å². The number of pyridine rings is 1. The number of carbonyl (C=O) groups excluding carboxylic acids is 1. The fraction of sp³-hybridized carbons (Fsp3) is 0.278. The van der Waals surface area contributed by atoms with Crippen molar-refractivity contribution < 1.29 is 9.32 Å². The fourth-order valence-corrected chi connectivity index (χ4v) is 3.27. The van der Waals surface area contributed by atoms with Gasteiger partial charge in [-0.05, 0) is 43.0 Å². The molecule has 0 radical (unpaired) electrons. The van der Waals surface area contributed by atoms with Gasteiger partial charge in [0.05, 0.1) is 16.6 Å². The van der Waals surface area contributed by atoms with Crippen LogP contribution < -0.4 is 10.6 Å². The van der Waals surface area contributed by atoms with Crippen LogP contribution in [0.1, 0.15) is 35.0 Å². The van der Waals surface area contributed by atoms with Crippen LogP contribution in [0.2, 0.25) is 0 Å². The summed E-state index contributed by atoms with van der Waals surface area (Å²) in [5, 5.41) is 4.79. The van der Waals surface area contributed by atoms with E-state index in [2.05, 4.69) is 10.1 Å². The highest BCUT2D eigenvalue weighted by Gasteiger charge is 2.25. The van der Waals surface area contributed by atoms with Crippen LogP contribution in [0.5, 0.6) is 0 Å². The van der Waals surface area contributed by atoms with E-state index in [0.717, 1.165) is 47.3 Å². The molecular weight excluding hydrogens is 340 g/mol. The summed E-state index contributed by atoms with van der Waals surface area (Å²) < 4.78 is 5.19. The van der Waals surface area contributed by atoms with Crippen molar-refractivity contribution >= 4 is 40.8 Å². The van der Waals surface area contributed by atoms with Crippen molar-refractivity contribution in [3.8, 4) is 0 Å². The number of nitrogens with zero attached hydrogens (tertiary/aromatic N) is 3. The topological polar surface area (TPSA) is 85.2 Å². The molecule has 1 aliphatic rings. The summed E-state index contributed by atoms with van der Waals surface area (Å²) in [4.78, 5) is 19.1. The van der Waals surface area contributed by atoms with E-state index in [-0.39, 0.29) is 18.3 Å². The zero-order chi connectivity index (χ0) is 16.7. The van der Waals surface area contributed by atoms with Gasteiger partial charge in [0.2, 0.25) is 0 Å². The van der Waals surface area contributed by atoms with Gasteiger partial charge >= 0.3 is 0 Å². The number of fused-ring (bicyclic) bond motifs is 2. The molecule has 0 aliphatic carbocycles. The molecule has 6 nitrogen and oxygen atoms in total. The summed E-state index contributed by atoms with van der Waals surface area (Å²) in [6.45, 7) is 2.67. The summed E-state index contributed by atoms with van der Waals surface area (Å²) in [6.07, 6.45) is 4.08. The molecular formula is C18H19ClN4O2. The first-order valence-corrected chi connectivity index (χ1v) is 8.12. The highest BCUT2D eigenvalue weighted by molar-refractivity contribution is 6.08. The number of aryl methyl sites for hydroxylation is 1. The smallest absolute Gasteiger partial charge is 0.259 e. The Labute approximate surface area is 151 Å². The third-order valence-electron chi connectivity index (χ3n) is 4.52. The Morgan fingerprint density at radius 1 is 1.40 bits per heavy atom. The van der Waals surface area contributed by atoms with E-state index >= 15 is 0 Å². The molecule has 0 fully saturated rings. The van der Waals surface area contributed by atoms with Crippen LogP contribution in [-0.2, 0) is 12.8 Å². The van der Waals surface area contributed by atoms with Gasteiger partial charge in [0.25, 0.3) is 11.6 Å². The van der Waals surface area contributed by atoms with Crippen molar-refractivity contribution in [1.82, 2.24) is 10.1 Å². The number of amides is 1. The van der Waals surface area contributed by atoms with Gasteiger partial charge < -0.3 is 15.2 Å². The van der Waals surface area contributed by atoms with Crippen LogP contribution in [-0.4, -0.2) is 22.6 Å². The second-order valence-electron chi connectivity index (χ2n) is 5.96. The van der Waals surface area contributed by atoms with E-state index < -0.39 is 0 Å². The lowest BCUT2D eigenvalue weighted by Gasteiger charge is -2.30. The first-order chi connectivity index (χ1) is 11.7. The van der Waals surface area contributed by atoms with E-state index in [9.17, 15) is 4.79 Å². The Kier molecular flexibility index (Phi) is 4.63. The number of hydrogen-bond acceptors (Lipinski definition) is 5. The Morgan fingerprint density at radius 2 is 2.24 bits per heavy atom. The van der Waals surface area contributed by atoms with Crippen LogP contribution in [0.3, 0.4) is 0 Å². The van der Waals surface area contributed by atoms with Gasteiger partial charge in [-0.3, -0.25) is 4.79 Å². The highest BCUT2D eigenvalue weighted by Crippen LogP contribution is 2.32. The van der Waals surface area contributed by atoms with E-state index in [1.807, 2.05) is 31.2 Å². The van der Waals surface area contributed by atoms with Crippen molar-refractivity contribution in [2.75, 3.05) is 17.2 Å². The van der Waals surface area contributed by atoms with E-state index in [1.165, 1.54) is 0 Å². The molecule has 7 heteroatoms. The Balaban J connectivity index is 0.00000182.